The summed E-state index contributed by atoms with van der Waals surface area (Å²) in [5, 5.41) is 27.6. The molecule has 6 rings (SSSR count). The number of nitrogens with zero attached hydrogens (tertiary/aromatic N) is 3. The van der Waals surface area contributed by atoms with Crippen LogP contribution in [0.2, 0.25) is 0 Å². The Hall–Kier alpha value is -3.37. The van der Waals surface area contributed by atoms with Gasteiger partial charge in [-0.3, -0.25) is 5.10 Å². The Balaban J connectivity index is 1.65. The average molecular weight is 468 g/mol. The number of halogens is 2. The lowest BCUT2D eigenvalue weighted by Gasteiger charge is -2.41. The van der Waals surface area contributed by atoms with Gasteiger partial charge in [-0.15, -0.1) is 0 Å². The zero-order valence-electron chi connectivity index (χ0n) is 18.1. The molecule has 1 aliphatic heterocycles. The first-order valence-electron chi connectivity index (χ1n) is 11.2. The summed E-state index contributed by atoms with van der Waals surface area (Å²) in [5.74, 6) is -3.35. The Labute approximate surface area is 192 Å². The van der Waals surface area contributed by atoms with Crippen molar-refractivity contribution in [3.63, 3.8) is 0 Å². The van der Waals surface area contributed by atoms with Crippen LogP contribution in [0, 0.1) is 11.6 Å². The summed E-state index contributed by atoms with van der Waals surface area (Å²) >= 11 is 0. The van der Waals surface area contributed by atoms with E-state index in [0.29, 0.717) is 35.6 Å². The lowest BCUT2D eigenvalue weighted by atomic mass is 9.67. The van der Waals surface area contributed by atoms with E-state index in [9.17, 15) is 23.8 Å². The van der Waals surface area contributed by atoms with Crippen LogP contribution in [0.5, 0.6) is 0 Å². The number of H-pyrrole nitrogens is 1. The highest BCUT2D eigenvalue weighted by atomic mass is 19.2. The van der Waals surface area contributed by atoms with Gasteiger partial charge in [-0.25, -0.2) is 18.6 Å². The van der Waals surface area contributed by atoms with Gasteiger partial charge in [0, 0.05) is 47.5 Å². The Bertz CT molecular complexity index is 1430. The van der Waals surface area contributed by atoms with Gasteiger partial charge in [0.15, 0.2) is 22.9 Å². The van der Waals surface area contributed by atoms with Crippen molar-refractivity contribution in [2.75, 3.05) is 13.2 Å². The normalized spacial score (nSPS) is 23.4. The third kappa shape index (κ3) is 3.13. The van der Waals surface area contributed by atoms with Gasteiger partial charge in [-0.2, -0.15) is 5.10 Å². The third-order valence-electron chi connectivity index (χ3n) is 7.16. The summed E-state index contributed by atoms with van der Waals surface area (Å²) in [5.41, 5.74) is 2.30. The number of hydrogen-bond acceptors (Lipinski definition) is 5. The molecule has 34 heavy (non-hydrogen) atoms. The first kappa shape index (κ1) is 21.2. The predicted molar refractivity (Wildman–Crippen MR) is 118 cm³/mol. The van der Waals surface area contributed by atoms with E-state index in [1.807, 2.05) is 10.6 Å². The maximum atomic E-state index is 14.3. The average Bonchev–Trinajstić information content (AvgIpc) is 3.39. The number of aliphatic carboxylic acids is 1. The smallest absolute Gasteiger partial charge is 0.335 e. The molecule has 4 aromatic rings. The van der Waals surface area contributed by atoms with Crippen LogP contribution in [-0.2, 0) is 9.53 Å². The van der Waals surface area contributed by atoms with Crippen molar-refractivity contribution in [3.8, 4) is 5.69 Å². The fraction of sp³-hybridized carbons (Fsp3) is 0.375. The molecule has 8 nitrogen and oxygen atoms in total. The van der Waals surface area contributed by atoms with Crippen molar-refractivity contribution in [2.24, 2.45) is 0 Å². The zero-order valence-corrected chi connectivity index (χ0v) is 18.1. The summed E-state index contributed by atoms with van der Waals surface area (Å²) < 4.78 is 35.6. The van der Waals surface area contributed by atoms with Crippen LogP contribution in [0.25, 0.3) is 27.8 Å². The standard InChI is InChI=1S/C24H22F2N4O4/c25-16-2-1-15(8-17(16)26)30-18-7-13-11-27-29-22(13)28-20(18)19(14-9-24(33,10-14)23(31)32)21(30)12-3-5-34-6-4-12/h1-2,7-8,11-12,14,33H,3-6,9-10H2,(H,31,32)(H,27,28,29). The maximum absolute atomic E-state index is 14.3. The molecule has 1 saturated heterocycles. The van der Waals surface area contributed by atoms with Crippen molar-refractivity contribution in [2.45, 2.75) is 43.1 Å². The fourth-order valence-corrected chi connectivity index (χ4v) is 5.42. The fourth-order valence-electron chi connectivity index (χ4n) is 5.42. The largest absolute Gasteiger partial charge is 0.479 e. The van der Waals surface area contributed by atoms with E-state index >= 15 is 0 Å². The van der Waals surface area contributed by atoms with Gasteiger partial charge < -0.3 is 19.5 Å². The molecule has 0 atom stereocenters. The van der Waals surface area contributed by atoms with E-state index in [1.54, 1.807) is 6.20 Å². The number of ether oxygens (including phenoxy) is 1. The van der Waals surface area contributed by atoms with Crippen LogP contribution in [0.4, 0.5) is 8.78 Å². The maximum Gasteiger partial charge on any atom is 0.335 e. The van der Waals surface area contributed by atoms with E-state index in [4.69, 9.17) is 9.72 Å². The highest BCUT2D eigenvalue weighted by Gasteiger charge is 2.51. The van der Waals surface area contributed by atoms with E-state index in [2.05, 4.69) is 10.2 Å². The van der Waals surface area contributed by atoms with Crippen LogP contribution < -0.4 is 0 Å². The number of aromatic nitrogens is 4. The van der Waals surface area contributed by atoms with Gasteiger partial charge in [-0.1, -0.05) is 0 Å². The molecule has 1 aliphatic carbocycles. The van der Waals surface area contributed by atoms with Crippen molar-refractivity contribution in [1.29, 1.82) is 0 Å². The number of fused-ring (bicyclic) bond motifs is 2. The summed E-state index contributed by atoms with van der Waals surface area (Å²) in [4.78, 5) is 16.4. The molecule has 1 aromatic carbocycles. The van der Waals surface area contributed by atoms with Gasteiger partial charge in [0.2, 0.25) is 0 Å². The molecule has 1 saturated carbocycles. The summed E-state index contributed by atoms with van der Waals surface area (Å²) in [6.45, 7) is 1.12. The summed E-state index contributed by atoms with van der Waals surface area (Å²) in [6, 6.07) is 5.69. The Kier molecular flexibility index (Phi) is 4.72. The number of nitrogens with one attached hydrogen (secondary N) is 1. The van der Waals surface area contributed by atoms with Crippen molar-refractivity contribution in [3.05, 3.63) is 53.4 Å². The number of benzene rings is 1. The van der Waals surface area contributed by atoms with Gasteiger partial charge in [0.25, 0.3) is 0 Å². The molecule has 3 aromatic heterocycles. The Morgan fingerprint density at radius 1 is 1.15 bits per heavy atom. The van der Waals surface area contributed by atoms with Gasteiger partial charge in [-0.05, 0) is 49.8 Å². The monoisotopic (exact) mass is 468 g/mol. The van der Waals surface area contributed by atoms with Crippen molar-refractivity contribution >= 4 is 28.0 Å². The number of aliphatic hydroxyl groups is 1. The molecule has 3 N–H and O–H groups in total. The molecule has 176 valence electrons. The van der Waals surface area contributed by atoms with E-state index in [1.165, 1.54) is 6.07 Å². The molecule has 2 aliphatic rings. The number of carboxylic acids is 1. The summed E-state index contributed by atoms with van der Waals surface area (Å²) in [7, 11) is 0. The Morgan fingerprint density at radius 3 is 2.62 bits per heavy atom. The number of carbonyl (C=O) groups is 1. The van der Waals surface area contributed by atoms with Crippen LogP contribution in [0.3, 0.4) is 0 Å². The predicted octanol–water partition coefficient (Wildman–Crippen LogP) is 3.77. The minimum absolute atomic E-state index is 0.0426. The van der Waals surface area contributed by atoms with Gasteiger partial charge in [0.05, 0.1) is 17.2 Å². The highest BCUT2D eigenvalue weighted by Crippen LogP contribution is 2.51. The molecular formula is C24H22F2N4O4. The van der Waals surface area contributed by atoms with E-state index in [0.717, 1.165) is 41.6 Å². The van der Waals surface area contributed by atoms with Gasteiger partial charge in [0.1, 0.15) is 0 Å². The minimum atomic E-state index is -1.79. The molecule has 0 spiro atoms. The molecule has 0 bridgehead atoms. The second kappa shape index (κ2) is 7.57. The zero-order chi connectivity index (χ0) is 23.6. The SMILES string of the molecule is O=C(O)C1(O)CC(c2c(C3CCOCC3)n(-c3ccc(F)c(F)c3)c3cc4cn[nH]c4nc23)C1. The molecule has 0 radical (unpaired) electrons. The minimum Gasteiger partial charge on any atom is -0.479 e. The van der Waals surface area contributed by atoms with Crippen LogP contribution >= 0.6 is 0 Å². The topological polar surface area (TPSA) is 113 Å². The third-order valence-corrected chi connectivity index (χ3v) is 7.16. The summed E-state index contributed by atoms with van der Waals surface area (Å²) in [6.07, 6.45) is 3.20. The highest BCUT2D eigenvalue weighted by molar-refractivity contribution is 5.94. The lowest BCUT2D eigenvalue weighted by Crippen LogP contribution is -2.49. The number of hydrogen-bond donors (Lipinski definition) is 3. The number of pyridine rings is 1. The molecule has 0 unspecified atom stereocenters. The number of rotatable bonds is 4. The van der Waals surface area contributed by atoms with Crippen molar-refractivity contribution in [1.82, 2.24) is 19.7 Å². The van der Waals surface area contributed by atoms with E-state index in [-0.39, 0.29) is 24.7 Å². The second-order valence-electron chi connectivity index (χ2n) is 9.23. The van der Waals surface area contributed by atoms with Crippen LogP contribution in [0.15, 0.2) is 30.5 Å². The van der Waals surface area contributed by atoms with E-state index < -0.39 is 23.2 Å². The molecular weight excluding hydrogens is 446 g/mol. The van der Waals surface area contributed by atoms with Crippen LogP contribution in [-0.4, -0.2) is 54.7 Å². The first-order valence-corrected chi connectivity index (χ1v) is 11.2. The molecule has 0 amide bonds. The van der Waals surface area contributed by atoms with Crippen LogP contribution in [0.1, 0.15) is 48.8 Å². The molecule has 4 heterocycles. The van der Waals surface area contributed by atoms with Crippen molar-refractivity contribution < 1.29 is 28.5 Å². The second-order valence-corrected chi connectivity index (χ2v) is 9.23. The number of aromatic amines is 1. The first-order chi connectivity index (χ1) is 16.4. The van der Waals surface area contributed by atoms with Gasteiger partial charge >= 0.3 is 5.97 Å². The Morgan fingerprint density at radius 2 is 1.91 bits per heavy atom. The lowest BCUT2D eigenvalue weighted by molar-refractivity contribution is -0.169. The molecule has 10 heteroatoms. The number of carboxylic acid groups (broad SMARTS) is 1. The molecule has 2 fully saturated rings. The quantitative estimate of drug-likeness (QED) is 0.420.